The van der Waals surface area contributed by atoms with Crippen LogP contribution < -0.4 is 0 Å². The normalized spacial score (nSPS) is 36.3. The molecular formula is C28H39NO6S. The average Bonchev–Trinajstić information content (AvgIpc) is 3.28. The van der Waals surface area contributed by atoms with Crippen LogP contribution in [-0.2, 0) is 19.1 Å². The van der Waals surface area contributed by atoms with Crippen molar-refractivity contribution in [1.82, 2.24) is 4.98 Å². The topological polar surface area (TPSA) is 109 Å². The molecule has 0 amide bonds. The van der Waals surface area contributed by atoms with Crippen LogP contribution in [0, 0.1) is 24.2 Å². The number of aromatic nitrogens is 1. The maximum Gasteiger partial charge on any atom is 0.309 e. The molecule has 2 N–H and O–H groups in total. The number of ketones is 1. The number of carbonyl (C=O) groups excluding carboxylic acids is 2. The van der Waals surface area contributed by atoms with Crippen molar-refractivity contribution in [3.63, 3.8) is 0 Å². The quantitative estimate of drug-likeness (QED) is 0.409. The molecule has 3 heterocycles. The minimum Gasteiger partial charge on any atom is -0.457 e. The lowest BCUT2D eigenvalue weighted by Crippen LogP contribution is -2.45. The number of aliphatic hydroxyl groups excluding tert-OH is 2. The van der Waals surface area contributed by atoms with Gasteiger partial charge in [0, 0.05) is 12.3 Å². The van der Waals surface area contributed by atoms with E-state index in [9.17, 15) is 19.8 Å². The Bertz CT molecular complexity index is 1130. The molecule has 7 atom stereocenters. The largest absolute Gasteiger partial charge is 0.457 e. The number of Topliss-reactive ketones (excluding diaryl/α,β-unsaturated/α-hetero) is 1. The molecule has 0 aliphatic carbocycles. The summed E-state index contributed by atoms with van der Waals surface area (Å²) in [5, 5.41) is 22.7. The van der Waals surface area contributed by atoms with Gasteiger partial charge in [-0.05, 0) is 50.3 Å². The SMILES string of the molecule is Cc1nc2ccc([C@@H]3C[C@@H]4O[C@]4(C)CCCC(C)[C@H](O)[C@@H](C)C(=O)C(C)(C)[C@@H](O)CC(=O)O3)cc2s1. The van der Waals surface area contributed by atoms with Gasteiger partial charge in [-0.2, -0.15) is 0 Å². The summed E-state index contributed by atoms with van der Waals surface area (Å²) in [6, 6.07) is 5.90. The van der Waals surface area contributed by atoms with E-state index in [1.807, 2.05) is 32.0 Å². The molecule has 198 valence electrons. The van der Waals surface area contributed by atoms with Crippen LogP contribution in [0.15, 0.2) is 18.2 Å². The van der Waals surface area contributed by atoms with Crippen molar-refractivity contribution in [2.24, 2.45) is 17.3 Å². The van der Waals surface area contributed by atoms with E-state index in [0.717, 1.165) is 40.1 Å². The van der Waals surface area contributed by atoms with E-state index in [0.29, 0.717) is 6.42 Å². The molecule has 0 saturated carbocycles. The summed E-state index contributed by atoms with van der Waals surface area (Å²) in [4.78, 5) is 30.8. The molecule has 2 saturated heterocycles. The number of hydrogen-bond acceptors (Lipinski definition) is 8. The van der Waals surface area contributed by atoms with Gasteiger partial charge < -0.3 is 19.7 Å². The molecule has 4 rings (SSSR count). The summed E-state index contributed by atoms with van der Waals surface area (Å²) in [6.07, 6.45) is 0.0280. The number of ether oxygens (including phenoxy) is 2. The first kappa shape index (κ1) is 27.2. The Kier molecular flexibility index (Phi) is 7.64. The highest BCUT2D eigenvalue weighted by atomic mass is 32.1. The highest BCUT2D eigenvalue weighted by Gasteiger charge is 2.53. The monoisotopic (exact) mass is 517 g/mol. The van der Waals surface area contributed by atoms with Crippen molar-refractivity contribution in [3.8, 4) is 0 Å². The van der Waals surface area contributed by atoms with Crippen molar-refractivity contribution in [2.75, 3.05) is 0 Å². The van der Waals surface area contributed by atoms with Crippen LogP contribution in [0.5, 0.6) is 0 Å². The second kappa shape index (κ2) is 10.1. The lowest BCUT2D eigenvalue weighted by molar-refractivity contribution is -0.156. The Morgan fingerprint density at radius 2 is 1.86 bits per heavy atom. The Hall–Kier alpha value is -1.87. The molecular weight excluding hydrogens is 478 g/mol. The summed E-state index contributed by atoms with van der Waals surface area (Å²) < 4.78 is 13.1. The number of nitrogens with zero attached hydrogens (tertiary/aromatic N) is 1. The number of hydrogen-bond donors (Lipinski definition) is 2. The number of epoxide rings is 1. The van der Waals surface area contributed by atoms with Crippen molar-refractivity contribution in [1.29, 1.82) is 0 Å². The predicted octanol–water partition coefficient (Wildman–Crippen LogP) is 4.90. The van der Waals surface area contributed by atoms with Gasteiger partial charge in [-0.3, -0.25) is 9.59 Å². The number of thiazole rings is 1. The summed E-state index contributed by atoms with van der Waals surface area (Å²) in [7, 11) is 0. The lowest BCUT2D eigenvalue weighted by Gasteiger charge is -2.34. The maximum atomic E-state index is 13.3. The highest BCUT2D eigenvalue weighted by molar-refractivity contribution is 7.18. The number of cyclic esters (lactones) is 1. The van der Waals surface area contributed by atoms with Crippen molar-refractivity contribution in [3.05, 3.63) is 28.8 Å². The number of aliphatic hydroxyl groups is 2. The van der Waals surface area contributed by atoms with Gasteiger partial charge in [0.2, 0.25) is 0 Å². The van der Waals surface area contributed by atoms with Crippen molar-refractivity contribution < 1.29 is 29.3 Å². The fraction of sp³-hybridized carbons (Fsp3) is 0.679. The minimum atomic E-state index is -1.23. The Labute approximate surface area is 217 Å². The number of esters is 1. The Morgan fingerprint density at radius 1 is 1.14 bits per heavy atom. The maximum absolute atomic E-state index is 13.3. The molecule has 36 heavy (non-hydrogen) atoms. The zero-order valence-corrected chi connectivity index (χ0v) is 22.9. The van der Waals surface area contributed by atoms with Gasteiger partial charge in [0.25, 0.3) is 0 Å². The summed E-state index contributed by atoms with van der Waals surface area (Å²) in [5.41, 5.74) is 0.270. The van der Waals surface area contributed by atoms with Gasteiger partial charge in [0.05, 0.1) is 51.0 Å². The van der Waals surface area contributed by atoms with E-state index in [1.54, 1.807) is 32.1 Å². The van der Waals surface area contributed by atoms with Gasteiger partial charge >= 0.3 is 5.97 Å². The number of rotatable bonds is 1. The van der Waals surface area contributed by atoms with Crippen LogP contribution in [0.2, 0.25) is 0 Å². The lowest BCUT2D eigenvalue weighted by atomic mass is 9.73. The first-order valence-electron chi connectivity index (χ1n) is 13.0. The standard InChI is InChI=1S/C28H39NO6S/c1-15-8-7-11-28(6)23(35-28)13-20(18-9-10-19-21(12-18)36-17(3)29-19)34-24(31)14-22(30)27(4,5)26(33)16(2)25(15)32/h9-10,12,15-16,20,22-23,25,30,32H,7-8,11,13-14H2,1-6H3/t15?,16-,20+,22+,23+,25+,28-/m1/s1. The molecule has 2 aliphatic heterocycles. The van der Waals surface area contributed by atoms with Crippen molar-refractivity contribution in [2.45, 2.75) is 104 Å². The summed E-state index contributed by atoms with van der Waals surface area (Å²) in [5.74, 6) is -1.55. The van der Waals surface area contributed by atoms with Gasteiger partial charge in [-0.15, -0.1) is 11.3 Å². The third-order valence-electron chi connectivity index (χ3n) is 8.30. The number of carbonyl (C=O) groups is 2. The minimum absolute atomic E-state index is 0.0517. The third kappa shape index (κ3) is 5.52. The van der Waals surface area contributed by atoms with Crippen LogP contribution in [-0.4, -0.2) is 50.9 Å². The molecule has 2 aliphatic rings. The Morgan fingerprint density at radius 3 is 2.58 bits per heavy atom. The van der Waals surface area contributed by atoms with Gasteiger partial charge in [0.1, 0.15) is 11.9 Å². The zero-order chi connectivity index (χ0) is 26.4. The third-order valence-corrected chi connectivity index (χ3v) is 9.23. The second-order valence-corrected chi connectivity index (χ2v) is 12.8. The number of fused-ring (bicyclic) bond motifs is 2. The van der Waals surface area contributed by atoms with Gasteiger partial charge in [0.15, 0.2) is 0 Å². The van der Waals surface area contributed by atoms with Crippen LogP contribution in [0.25, 0.3) is 10.2 Å². The zero-order valence-electron chi connectivity index (χ0n) is 22.1. The fourth-order valence-corrected chi connectivity index (χ4v) is 6.35. The number of benzene rings is 1. The van der Waals surface area contributed by atoms with E-state index in [4.69, 9.17) is 9.47 Å². The van der Waals surface area contributed by atoms with E-state index in [-0.39, 0.29) is 29.8 Å². The average molecular weight is 518 g/mol. The molecule has 8 heteroatoms. The van der Waals surface area contributed by atoms with Crippen LogP contribution in [0.3, 0.4) is 0 Å². The van der Waals surface area contributed by atoms with Crippen LogP contribution >= 0.6 is 11.3 Å². The van der Waals surface area contributed by atoms with Gasteiger partial charge in [-0.25, -0.2) is 4.98 Å². The first-order valence-corrected chi connectivity index (χ1v) is 13.8. The predicted molar refractivity (Wildman–Crippen MR) is 139 cm³/mol. The van der Waals surface area contributed by atoms with Gasteiger partial charge in [-0.1, -0.05) is 40.2 Å². The molecule has 2 fully saturated rings. The van der Waals surface area contributed by atoms with E-state index in [1.165, 1.54) is 0 Å². The van der Waals surface area contributed by atoms with Crippen LogP contribution in [0.1, 0.15) is 83.4 Å². The molecule has 0 radical (unpaired) electrons. The first-order chi connectivity index (χ1) is 16.8. The molecule has 1 unspecified atom stereocenters. The molecule has 0 bridgehead atoms. The molecule has 2 aromatic rings. The second-order valence-electron chi connectivity index (χ2n) is 11.5. The number of aryl methyl sites for hydroxylation is 1. The molecule has 7 nitrogen and oxygen atoms in total. The van der Waals surface area contributed by atoms with E-state index < -0.39 is 35.6 Å². The summed E-state index contributed by atoms with van der Waals surface area (Å²) in [6.45, 7) is 11.0. The highest BCUT2D eigenvalue weighted by Crippen LogP contribution is 2.47. The smallest absolute Gasteiger partial charge is 0.309 e. The summed E-state index contributed by atoms with van der Waals surface area (Å²) >= 11 is 1.59. The Balaban J connectivity index is 1.61. The van der Waals surface area contributed by atoms with Crippen LogP contribution in [0.4, 0.5) is 0 Å². The van der Waals surface area contributed by atoms with Crippen molar-refractivity contribution >= 4 is 33.3 Å². The fourth-order valence-electron chi connectivity index (χ4n) is 5.48. The molecule has 1 aromatic heterocycles. The van der Waals surface area contributed by atoms with E-state index in [2.05, 4.69) is 11.9 Å². The molecule has 1 aromatic carbocycles. The van der Waals surface area contributed by atoms with E-state index >= 15 is 0 Å². The molecule has 0 spiro atoms.